The summed E-state index contributed by atoms with van der Waals surface area (Å²) in [6.45, 7) is 8.13. The van der Waals surface area contributed by atoms with Gasteiger partial charge in [-0.05, 0) is 53.2 Å². The van der Waals surface area contributed by atoms with Gasteiger partial charge >= 0.3 is 0 Å². The fourth-order valence-electron chi connectivity index (χ4n) is 4.17. The first kappa shape index (κ1) is 19.8. The summed E-state index contributed by atoms with van der Waals surface area (Å²) < 4.78 is 1.74. The number of nitrogens with one attached hydrogen (secondary N) is 2. The zero-order valence-electron chi connectivity index (χ0n) is 16.6. The minimum absolute atomic E-state index is 0.0188. The number of nitrogens with zero attached hydrogens (tertiary/aromatic N) is 4. The van der Waals surface area contributed by atoms with Crippen molar-refractivity contribution in [2.75, 3.05) is 33.2 Å². The summed E-state index contributed by atoms with van der Waals surface area (Å²) in [6, 6.07) is 0.218. The van der Waals surface area contributed by atoms with Crippen molar-refractivity contribution in [3.05, 3.63) is 18.0 Å². The number of aromatic nitrogens is 2. The third kappa shape index (κ3) is 4.68. The Bertz CT molecular complexity index is 652. The molecule has 1 aromatic heterocycles. The lowest BCUT2D eigenvalue weighted by Crippen LogP contribution is -2.51. The van der Waals surface area contributed by atoms with Crippen molar-refractivity contribution in [1.29, 1.82) is 0 Å². The first-order valence-corrected chi connectivity index (χ1v) is 10.1. The first-order chi connectivity index (χ1) is 13.0. The molecule has 2 aliphatic rings. The molecule has 0 saturated carbocycles. The van der Waals surface area contributed by atoms with Crippen LogP contribution in [0, 0.1) is 0 Å². The summed E-state index contributed by atoms with van der Waals surface area (Å²) in [6.07, 6.45) is 6.16. The summed E-state index contributed by atoms with van der Waals surface area (Å²) in [4.78, 5) is 29.8. The number of hydrogen-bond donors (Lipinski definition) is 2. The second-order valence-corrected chi connectivity index (χ2v) is 7.63. The smallest absolute Gasteiger partial charge is 0.254 e. The monoisotopic (exact) mass is 376 g/mol. The Kier molecular flexibility index (Phi) is 6.49. The van der Waals surface area contributed by atoms with Gasteiger partial charge < -0.3 is 15.5 Å². The predicted molar refractivity (Wildman–Crippen MR) is 103 cm³/mol. The Morgan fingerprint density at radius 3 is 2.63 bits per heavy atom. The van der Waals surface area contributed by atoms with Crippen molar-refractivity contribution in [2.24, 2.45) is 0 Å². The van der Waals surface area contributed by atoms with E-state index >= 15 is 0 Å². The van der Waals surface area contributed by atoms with Crippen LogP contribution in [-0.4, -0.2) is 82.7 Å². The van der Waals surface area contributed by atoms with Gasteiger partial charge in [-0.25, -0.2) is 0 Å². The number of likely N-dealkylation sites (tertiary alicyclic amines) is 2. The van der Waals surface area contributed by atoms with Crippen LogP contribution in [0.4, 0.5) is 0 Å². The molecule has 2 aliphatic heterocycles. The van der Waals surface area contributed by atoms with E-state index in [4.69, 9.17) is 0 Å². The fourth-order valence-corrected chi connectivity index (χ4v) is 4.17. The molecule has 0 bridgehead atoms. The summed E-state index contributed by atoms with van der Waals surface area (Å²) >= 11 is 0. The standard InChI is InChI=1S/C19H32N6O2/c1-4-20-19(27)17-10-15(13-25(17)16-6-8-23(3)9-7-16)22-18(26)14-11-21-24(5-2)12-14/h11-12,15-17H,4-10,13H2,1-3H3,(H,20,27)(H,22,26)/t15-,17-/m0/s1. The van der Waals surface area contributed by atoms with Crippen molar-refractivity contribution in [2.45, 2.75) is 57.8 Å². The van der Waals surface area contributed by atoms with Crippen LogP contribution in [0.1, 0.15) is 43.5 Å². The molecule has 8 heteroatoms. The topological polar surface area (TPSA) is 82.5 Å². The average molecular weight is 377 g/mol. The molecular weight excluding hydrogens is 344 g/mol. The minimum Gasteiger partial charge on any atom is -0.355 e. The molecule has 27 heavy (non-hydrogen) atoms. The van der Waals surface area contributed by atoms with Crippen LogP contribution in [0.25, 0.3) is 0 Å². The maximum atomic E-state index is 12.6. The van der Waals surface area contributed by atoms with Crippen LogP contribution >= 0.6 is 0 Å². The van der Waals surface area contributed by atoms with Gasteiger partial charge in [-0.3, -0.25) is 19.2 Å². The van der Waals surface area contributed by atoms with Gasteiger partial charge in [0.25, 0.3) is 5.91 Å². The lowest BCUT2D eigenvalue weighted by Gasteiger charge is -2.37. The number of rotatable bonds is 6. The number of carbonyl (C=O) groups is 2. The van der Waals surface area contributed by atoms with E-state index in [2.05, 4.69) is 32.6 Å². The van der Waals surface area contributed by atoms with Gasteiger partial charge in [0.2, 0.25) is 5.91 Å². The molecule has 2 saturated heterocycles. The van der Waals surface area contributed by atoms with E-state index in [-0.39, 0.29) is 23.9 Å². The molecule has 2 N–H and O–H groups in total. The zero-order chi connectivity index (χ0) is 19.4. The normalized spacial score (nSPS) is 24.9. The van der Waals surface area contributed by atoms with E-state index in [0.717, 1.165) is 39.0 Å². The number of hydrogen-bond acceptors (Lipinski definition) is 5. The maximum absolute atomic E-state index is 12.6. The van der Waals surface area contributed by atoms with Crippen LogP contribution in [0.2, 0.25) is 0 Å². The van der Waals surface area contributed by atoms with Gasteiger partial charge in [0, 0.05) is 37.9 Å². The molecule has 2 atom stereocenters. The van der Waals surface area contributed by atoms with Gasteiger partial charge in [0.15, 0.2) is 0 Å². The van der Waals surface area contributed by atoms with Gasteiger partial charge in [0.05, 0.1) is 17.8 Å². The Morgan fingerprint density at radius 2 is 2.00 bits per heavy atom. The van der Waals surface area contributed by atoms with Crippen molar-refractivity contribution >= 4 is 11.8 Å². The summed E-state index contributed by atoms with van der Waals surface area (Å²) in [5.74, 6) is -0.0356. The molecule has 8 nitrogen and oxygen atoms in total. The Hall–Kier alpha value is -1.93. The van der Waals surface area contributed by atoms with Crippen molar-refractivity contribution < 1.29 is 9.59 Å². The molecule has 0 spiro atoms. The number of amides is 2. The lowest BCUT2D eigenvalue weighted by molar-refractivity contribution is -0.126. The number of carbonyl (C=O) groups excluding carboxylic acids is 2. The molecule has 2 amide bonds. The molecule has 2 fully saturated rings. The molecule has 1 aromatic rings. The van der Waals surface area contributed by atoms with E-state index < -0.39 is 0 Å². The number of piperidine rings is 1. The average Bonchev–Trinajstić information content (AvgIpc) is 3.29. The molecule has 0 radical (unpaired) electrons. The third-order valence-electron chi connectivity index (χ3n) is 5.70. The van der Waals surface area contributed by atoms with E-state index in [1.807, 2.05) is 13.8 Å². The highest BCUT2D eigenvalue weighted by molar-refractivity contribution is 5.94. The largest absolute Gasteiger partial charge is 0.355 e. The van der Waals surface area contributed by atoms with E-state index in [1.54, 1.807) is 17.1 Å². The van der Waals surface area contributed by atoms with Gasteiger partial charge in [-0.1, -0.05) is 0 Å². The number of likely N-dealkylation sites (N-methyl/N-ethyl adjacent to an activating group) is 1. The molecule has 0 aromatic carbocycles. The summed E-state index contributed by atoms with van der Waals surface area (Å²) in [5, 5.41) is 10.2. The summed E-state index contributed by atoms with van der Waals surface area (Å²) in [7, 11) is 2.14. The molecule has 0 unspecified atom stereocenters. The Balaban J connectivity index is 1.66. The zero-order valence-corrected chi connectivity index (χ0v) is 16.6. The van der Waals surface area contributed by atoms with Gasteiger partial charge in [-0.2, -0.15) is 5.10 Å². The molecule has 150 valence electrons. The lowest BCUT2D eigenvalue weighted by atomic mass is 10.0. The van der Waals surface area contributed by atoms with Crippen LogP contribution in [-0.2, 0) is 11.3 Å². The highest BCUT2D eigenvalue weighted by Gasteiger charge is 2.41. The molecule has 3 rings (SSSR count). The van der Waals surface area contributed by atoms with Crippen molar-refractivity contribution in [3.8, 4) is 0 Å². The second kappa shape index (κ2) is 8.84. The first-order valence-electron chi connectivity index (χ1n) is 10.1. The Morgan fingerprint density at radius 1 is 1.26 bits per heavy atom. The van der Waals surface area contributed by atoms with E-state index in [1.165, 1.54) is 0 Å². The quantitative estimate of drug-likeness (QED) is 0.747. The van der Waals surface area contributed by atoms with Crippen LogP contribution in [0.5, 0.6) is 0 Å². The molecule has 0 aliphatic carbocycles. The third-order valence-corrected chi connectivity index (χ3v) is 5.70. The SMILES string of the molecule is CCNC(=O)[C@@H]1C[C@H](NC(=O)c2cnn(CC)c2)CN1C1CCN(C)CC1. The van der Waals surface area contributed by atoms with Crippen LogP contribution in [0.3, 0.4) is 0 Å². The van der Waals surface area contributed by atoms with E-state index in [0.29, 0.717) is 24.6 Å². The highest BCUT2D eigenvalue weighted by atomic mass is 16.2. The minimum atomic E-state index is -0.165. The van der Waals surface area contributed by atoms with E-state index in [9.17, 15) is 9.59 Å². The summed E-state index contributed by atoms with van der Waals surface area (Å²) in [5.41, 5.74) is 0.573. The second-order valence-electron chi connectivity index (χ2n) is 7.63. The van der Waals surface area contributed by atoms with Gasteiger partial charge in [0.1, 0.15) is 0 Å². The molecular formula is C19H32N6O2. The van der Waals surface area contributed by atoms with Crippen LogP contribution in [0.15, 0.2) is 12.4 Å². The van der Waals surface area contributed by atoms with Crippen LogP contribution < -0.4 is 10.6 Å². The predicted octanol–water partition coefficient (Wildman–Crippen LogP) is 0.306. The molecule has 3 heterocycles. The highest BCUT2D eigenvalue weighted by Crippen LogP contribution is 2.26. The fraction of sp³-hybridized carbons (Fsp3) is 0.737. The maximum Gasteiger partial charge on any atom is 0.254 e. The van der Waals surface area contributed by atoms with Crippen molar-refractivity contribution in [3.63, 3.8) is 0 Å². The number of aryl methyl sites for hydroxylation is 1. The Labute approximate surface area is 161 Å². The van der Waals surface area contributed by atoms with Crippen molar-refractivity contribution in [1.82, 2.24) is 30.2 Å². The van der Waals surface area contributed by atoms with Gasteiger partial charge in [-0.15, -0.1) is 0 Å².